The fourth-order valence-electron chi connectivity index (χ4n) is 3.70. The van der Waals surface area contributed by atoms with Gasteiger partial charge in [-0.05, 0) is 55.5 Å². The summed E-state index contributed by atoms with van der Waals surface area (Å²) in [5.41, 5.74) is 2.02. The molecule has 2 heterocycles. The van der Waals surface area contributed by atoms with Gasteiger partial charge in [-0.2, -0.15) is 0 Å². The molecule has 182 valence electrons. The molecule has 0 bridgehead atoms. The fraction of sp³-hybridized carbons (Fsp3) is 0.280. The van der Waals surface area contributed by atoms with Gasteiger partial charge in [-0.15, -0.1) is 0 Å². The highest BCUT2D eigenvalue weighted by Crippen LogP contribution is 2.27. The lowest BCUT2D eigenvalue weighted by Crippen LogP contribution is -2.47. The molecule has 1 saturated heterocycles. The van der Waals surface area contributed by atoms with E-state index in [1.54, 1.807) is 55.7 Å². The first-order valence-electron chi connectivity index (χ1n) is 11.3. The minimum absolute atomic E-state index is 0.168. The summed E-state index contributed by atoms with van der Waals surface area (Å²) in [5, 5.41) is 3.52. The number of nitrogens with zero attached hydrogens (tertiary/aromatic N) is 4. The van der Waals surface area contributed by atoms with Gasteiger partial charge >= 0.3 is 5.97 Å². The molecule has 1 fully saturated rings. The van der Waals surface area contributed by atoms with E-state index in [4.69, 9.17) is 4.74 Å². The largest absolute Gasteiger partial charge is 0.462 e. The molecule has 3 aromatic rings. The molecular formula is C25H26FN5O3S. The number of carbonyl (C=O) groups is 2. The number of carbonyl (C=O) groups excluding carboxylic acids is 2. The zero-order chi connectivity index (χ0) is 24.6. The molecule has 1 aliphatic heterocycles. The van der Waals surface area contributed by atoms with Crippen LogP contribution in [-0.4, -0.2) is 60.4 Å². The number of halogens is 1. The molecule has 0 saturated carbocycles. The molecule has 2 aromatic carbocycles. The summed E-state index contributed by atoms with van der Waals surface area (Å²) in [6, 6.07) is 13.1. The zero-order valence-electron chi connectivity index (χ0n) is 19.3. The van der Waals surface area contributed by atoms with Crippen molar-refractivity contribution >= 4 is 40.8 Å². The van der Waals surface area contributed by atoms with Crippen molar-refractivity contribution in [2.45, 2.75) is 11.9 Å². The molecule has 0 unspecified atom stereocenters. The van der Waals surface area contributed by atoms with Crippen LogP contribution in [0, 0.1) is 5.82 Å². The van der Waals surface area contributed by atoms with Crippen molar-refractivity contribution in [1.29, 1.82) is 0 Å². The summed E-state index contributed by atoms with van der Waals surface area (Å²) in [4.78, 5) is 37.6. The molecule has 0 atom stereocenters. The molecule has 1 aromatic heterocycles. The second-order valence-corrected chi connectivity index (χ2v) is 8.73. The number of amides is 1. The Balaban J connectivity index is 1.31. The van der Waals surface area contributed by atoms with E-state index < -0.39 is 5.97 Å². The van der Waals surface area contributed by atoms with E-state index >= 15 is 0 Å². The molecule has 1 amide bonds. The maximum absolute atomic E-state index is 13.2. The van der Waals surface area contributed by atoms with E-state index in [1.807, 2.05) is 0 Å². The van der Waals surface area contributed by atoms with Crippen molar-refractivity contribution in [2.75, 3.05) is 53.7 Å². The Morgan fingerprint density at radius 1 is 0.971 bits per heavy atom. The molecule has 8 nitrogen and oxygen atoms in total. The minimum atomic E-state index is -0.394. The second kappa shape index (κ2) is 11.7. The van der Waals surface area contributed by atoms with Gasteiger partial charge in [-0.25, -0.2) is 19.2 Å². The van der Waals surface area contributed by atoms with Crippen LogP contribution in [0.5, 0.6) is 0 Å². The summed E-state index contributed by atoms with van der Waals surface area (Å²) in [6.07, 6.45) is 3.27. The van der Waals surface area contributed by atoms with E-state index in [1.165, 1.54) is 23.9 Å². The van der Waals surface area contributed by atoms with Crippen LogP contribution in [0.2, 0.25) is 0 Å². The third-order valence-electron chi connectivity index (χ3n) is 5.44. The molecule has 1 N–H and O–H groups in total. The molecule has 0 spiro atoms. The molecule has 1 aliphatic rings. The van der Waals surface area contributed by atoms with Gasteiger partial charge in [0.2, 0.25) is 5.91 Å². The van der Waals surface area contributed by atoms with E-state index in [0.717, 1.165) is 37.7 Å². The van der Waals surface area contributed by atoms with E-state index in [9.17, 15) is 14.0 Å². The van der Waals surface area contributed by atoms with Crippen molar-refractivity contribution in [3.8, 4) is 0 Å². The first-order valence-corrected chi connectivity index (χ1v) is 12.3. The number of hydrogen-bond acceptors (Lipinski definition) is 8. The van der Waals surface area contributed by atoms with E-state index in [2.05, 4.69) is 25.1 Å². The van der Waals surface area contributed by atoms with Crippen LogP contribution in [0.3, 0.4) is 0 Å². The number of ether oxygens (including phenoxy) is 1. The van der Waals surface area contributed by atoms with Gasteiger partial charge in [0.25, 0.3) is 0 Å². The lowest BCUT2D eigenvalue weighted by Gasteiger charge is -2.37. The number of nitrogens with one attached hydrogen (secondary N) is 1. The highest BCUT2D eigenvalue weighted by molar-refractivity contribution is 8.00. The van der Waals surface area contributed by atoms with Crippen molar-refractivity contribution in [2.24, 2.45) is 0 Å². The highest BCUT2D eigenvalue weighted by atomic mass is 32.2. The Labute approximate surface area is 207 Å². The summed E-state index contributed by atoms with van der Waals surface area (Å²) in [5.74, 6) is 0.0985. The van der Waals surface area contributed by atoms with Crippen molar-refractivity contribution in [3.63, 3.8) is 0 Å². The van der Waals surface area contributed by atoms with Gasteiger partial charge < -0.3 is 19.9 Å². The van der Waals surface area contributed by atoms with Crippen LogP contribution in [0.4, 0.5) is 21.6 Å². The lowest BCUT2D eigenvalue weighted by atomic mass is 10.2. The van der Waals surface area contributed by atoms with Gasteiger partial charge in [-0.1, -0.05) is 11.8 Å². The van der Waals surface area contributed by atoms with Crippen LogP contribution < -0.4 is 15.1 Å². The number of anilines is 3. The number of benzene rings is 2. The van der Waals surface area contributed by atoms with Gasteiger partial charge in [0.15, 0.2) is 5.82 Å². The summed E-state index contributed by atoms with van der Waals surface area (Å²) < 4.78 is 18.2. The second-order valence-electron chi connectivity index (χ2n) is 7.77. The standard InChI is InChI=1S/C25H26FN5O3S/c1-2-34-25(33)18-3-7-20(8-4-18)29-22(32)17-35-24-23(27-11-12-28-24)31-15-13-30(14-16-31)21-9-5-19(26)6-10-21/h3-12H,2,13-17H2,1H3,(H,29,32). The summed E-state index contributed by atoms with van der Waals surface area (Å²) in [7, 11) is 0. The van der Waals surface area contributed by atoms with E-state index in [-0.39, 0.29) is 17.5 Å². The quantitative estimate of drug-likeness (QED) is 0.373. The molecular weight excluding hydrogens is 469 g/mol. The number of thioether (sulfide) groups is 1. The smallest absolute Gasteiger partial charge is 0.338 e. The van der Waals surface area contributed by atoms with Gasteiger partial charge in [-0.3, -0.25) is 4.79 Å². The molecule has 35 heavy (non-hydrogen) atoms. The number of rotatable bonds is 8. The molecule has 0 aliphatic carbocycles. The normalized spacial score (nSPS) is 13.4. The van der Waals surface area contributed by atoms with E-state index in [0.29, 0.717) is 22.9 Å². The predicted molar refractivity (Wildman–Crippen MR) is 135 cm³/mol. The first-order chi connectivity index (χ1) is 17.0. The minimum Gasteiger partial charge on any atom is -0.462 e. The van der Waals surface area contributed by atoms with Gasteiger partial charge in [0.05, 0.1) is 17.9 Å². The Kier molecular flexibility index (Phi) is 8.15. The Morgan fingerprint density at radius 3 is 2.31 bits per heavy atom. The molecule has 10 heteroatoms. The number of aromatic nitrogens is 2. The number of hydrogen-bond donors (Lipinski definition) is 1. The van der Waals surface area contributed by atoms with Crippen molar-refractivity contribution in [3.05, 3.63) is 72.3 Å². The lowest BCUT2D eigenvalue weighted by molar-refractivity contribution is -0.113. The van der Waals surface area contributed by atoms with Crippen LogP contribution in [-0.2, 0) is 9.53 Å². The van der Waals surface area contributed by atoms with Crippen LogP contribution in [0.1, 0.15) is 17.3 Å². The third-order valence-corrected chi connectivity index (χ3v) is 6.41. The maximum atomic E-state index is 13.2. The zero-order valence-corrected chi connectivity index (χ0v) is 20.1. The van der Waals surface area contributed by atoms with Crippen LogP contribution >= 0.6 is 11.8 Å². The maximum Gasteiger partial charge on any atom is 0.338 e. The molecule has 0 radical (unpaired) electrons. The van der Waals surface area contributed by atoms with Crippen LogP contribution in [0.15, 0.2) is 66.0 Å². The topological polar surface area (TPSA) is 87.7 Å². The highest BCUT2D eigenvalue weighted by Gasteiger charge is 2.22. The third kappa shape index (κ3) is 6.48. The van der Waals surface area contributed by atoms with Crippen molar-refractivity contribution in [1.82, 2.24) is 9.97 Å². The Hall–Kier alpha value is -3.66. The average Bonchev–Trinajstić information content (AvgIpc) is 2.89. The Bertz CT molecular complexity index is 1150. The van der Waals surface area contributed by atoms with Crippen LogP contribution in [0.25, 0.3) is 0 Å². The first kappa shape index (κ1) is 24.5. The monoisotopic (exact) mass is 495 g/mol. The number of esters is 1. The summed E-state index contributed by atoms with van der Waals surface area (Å²) >= 11 is 1.32. The SMILES string of the molecule is CCOC(=O)c1ccc(NC(=O)CSc2nccnc2N2CCN(c3ccc(F)cc3)CC2)cc1. The fourth-order valence-corrected chi connectivity index (χ4v) is 4.49. The van der Waals surface area contributed by atoms with Gasteiger partial charge in [0, 0.05) is 49.9 Å². The predicted octanol–water partition coefficient (Wildman–Crippen LogP) is 3.85. The van der Waals surface area contributed by atoms with Crippen molar-refractivity contribution < 1.29 is 18.7 Å². The number of piperazine rings is 1. The summed E-state index contributed by atoms with van der Waals surface area (Å²) in [6.45, 7) is 5.08. The van der Waals surface area contributed by atoms with Gasteiger partial charge in [0.1, 0.15) is 10.8 Å². The Morgan fingerprint density at radius 2 is 1.63 bits per heavy atom. The molecule has 4 rings (SSSR count). The average molecular weight is 496 g/mol.